The molecule has 108 valence electrons. The number of piperidine rings is 1. The van der Waals surface area contributed by atoms with Crippen molar-refractivity contribution in [2.45, 2.75) is 38.8 Å². The second-order valence-electron chi connectivity index (χ2n) is 5.86. The van der Waals surface area contributed by atoms with Gasteiger partial charge in [0, 0.05) is 12.6 Å². The average Bonchev–Trinajstić information content (AvgIpc) is 2.90. The molecule has 0 radical (unpaired) electrons. The minimum absolute atomic E-state index is 0.502. The lowest BCUT2D eigenvalue weighted by molar-refractivity contribution is 0.105. The molecule has 0 bridgehead atoms. The third-order valence-electron chi connectivity index (χ3n) is 4.59. The Balaban J connectivity index is 1.73. The molecule has 1 saturated heterocycles. The number of rotatable bonds is 4. The summed E-state index contributed by atoms with van der Waals surface area (Å²) >= 11 is 0. The monoisotopic (exact) mass is 272 g/mol. The molecule has 3 rings (SSSR count). The van der Waals surface area contributed by atoms with Crippen LogP contribution in [0.2, 0.25) is 0 Å². The van der Waals surface area contributed by atoms with Crippen LogP contribution < -0.4 is 5.73 Å². The number of H-pyrrole nitrogens is 1. The highest BCUT2D eigenvalue weighted by Crippen LogP contribution is 2.26. The number of hydrogen-bond donors (Lipinski definition) is 2. The van der Waals surface area contributed by atoms with E-state index in [0.29, 0.717) is 6.04 Å². The number of likely N-dealkylation sites (tertiary alicyclic amines) is 1. The van der Waals surface area contributed by atoms with Gasteiger partial charge in [-0.25, -0.2) is 4.98 Å². The van der Waals surface area contributed by atoms with E-state index in [2.05, 4.69) is 33.9 Å². The summed E-state index contributed by atoms with van der Waals surface area (Å²) in [4.78, 5) is 10.6. The largest absolute Gasteiger partial charge is 0.341 e. The first-order valence-electron chi connectivity index (χ1n) is 7.68. The van der Waals surface area contributed by atoms with E-state index >= 15 is 0 Å². The topological polar surface area (TPSA) is 57.9 Å². The summed E-state index contributed by atoms with van der Waals surface area (Å²) < 4.78 is 0. The molecule has 0 spiro atoms. The quantitative estimate of drug-likeness (QED) is 0.899. The van der Waals surface area contributed by atoms with Gasteiger partial charge in [-0.05, 0) is 37.4 Å². The maximum atomic E-state index is 5.97. The van der Waals surface area contributed by atoms with Gasteiger partial charge in [0.15, 0.2) is 0 Å². The summed E-state index contributed by atoms with van der Waals surface area (Å²) in [6.45, 7) is 5.05. The van der Waals surface area contributed by atoms with Crippen LogP contribution in [0.25, 0.3) is 11.0 Å². The molecule has 4 nitrogen and oxygen atoms in total. The van der Waals surface area contributed by atoms with Gasteiger partial charge < -0.3 is 10.7 Å². The summed E-state index contributed by atoms with van der Waals surface area (Å²) in [5.41, 5.74) is 8.14. The Hall–Kier alpha value is -1.39. The SMILES string of the molecule is CCC1CCN(Cc2nc3ccccc3[nH]2)C(CN)C1. The van der Waals surface area contributed by atoms with E-state index in [1.807, 2.05) is 12.1 Å². The second-order valence-corrected chi connectivity index (χ2v) is 5.86. The summed E-state index contributed by atoms with van der Waals surface area (Å²) in [6.07, 6.45) is 3.79. The van der Waals surface area contributed by atoms with Crippen LogP contribution in [-0.4, -0.2) is 34.0 Å². The van der Waals surface area contributed by atoms with E-state index in [9.17, 15) is 0 Å². The van der Waals surface area contributed by atoms with E-state index in [1.165, 1.54) is 19.3 Å². The predicted molar refractivity (Wildman–Crippen MR) is 82.4 cm³/mol. The van der Waals surface area contributed by atoms with Crippen molar-refractivity contribution in [2.24, 2.45) is 11.7 Å². The van der Waals surface area contributed by atoms with Gasteiger partial charge in [0.05, 0.1) is 17.6 Å². The van der Waals surface area contributed by atoms with E-state index in [0.717, 1.165) is 42.4 Å². The van der Waals surface area contributed by atoms with Crippen LogP contribution in [0.3, 0.4) is 0 Å². The highest BCUT2D eigenvalue weighted by atomic mass is 15.2. The number of hydrogen-bond acceptors (Lipinski definition) is 3. The van der Waals surface area contributed by atoms with E-state index < -0.39 is 0 Å². The molecule has 20 heavy (non-hydrogen) atoms. The zero-order valence-corrected chi connectivity index (χ0v) is 12.2. The van der Waals surface area contributed by atoms with Gasteiger partial charge in [-0.1, -0.05) is 25.5 Å². The molecule has 1 aromatic carbocycles. The molecule has 3 N–H and O–H groups in total. The van der Waals surface area contributed by atoms with Crippen molar-refractivity contribution in [3.05, 3.63) is 30.1 Å². The number of aromatic nitrogens is 2. The first-order valence-corrected chi connectivity index (χ1v) is 7.68. The van der Waals surface area contributed by atoms with Gasteiger partial charge in [-0.15, -0.1) is 0 Å². The lowest BCUT2D eigenvalue weighted by atomic mass is 9.89. The Labute approximate surface area is 120 Å². The molecule has 1 aliphatic heterocycles. The van der Waals surface area contributed by atoms with Crippen LogP contribution in [0, 0.1) is 5.92 Å². The summed E-state index contributed by atoms with van der Waals surface area (Å²) in [6, 6.07) is 8.71. The smallest absolute Gasteiger partial charge is 0.121 e. The summed E-state index contributed by atoms with van der Waals surface area (Å²) in [5.74, 6) is 1.90. The lowest BCUT2D eigenvalue weighted by Gasteiger charge is -2.38. The molecule has 2 unspecified atom stereocenters. The van der Waals surface area contributed by atoms with Crippen molar-refractivity contribution in [3.8, 4) is 0 Å². The third-order valence-corrected chi connectivity index (χ3v) is 4.59. The fourth-order valence-corrected chi connectivity index (χ4v) is 3.28. The van der Waals surface area contributed by atoms with Crippen LogP contribution in [0.4, 0.5) is 0 Å². The van der Waals surface area contributed by atoms with Crippen LogP contribution in [0.5, 0.6) is 0 Å². The van der Waals surface area contributed by atoms with Crippen molar-refractivity contribution in [1.29, 1.82) is 0 Å². The van der Waals surface area contributed by atoms with Gasteiger partial charge in [0.25, 0.3) is 0 Å². The van der Waals surface area contributed by atoms with Crippen molar-refractivity contribution < 1.29 is 0 Å². The minimum atomic E-state index is 0.502. The number of imidazole rings is 1. The molecule has 0 aliphatic carbocycles. The highest BCUT2D eigenvalue weighted by molar-refractivity contribution is 5.74. The number of benzene rings is 1. The standard InChI is InChI=1S/C16H24N4/c1-2-12-7-8-20(13(9-12)10-17)11-16-18-14-5-3-4-6-15(14)19-16/h3-6,12-13H,2,7-11,17H2,1H3,(H,18,19). The van der Waals surface area contributed by atoms with Gasteiger partial charge in [0.2, 0.25) is 0 Å². The molecule has 1 fully saturated rings. The van der Waals surface area contributed by atoms with Crippen LogP contribution in [0.15, 0.2) is 24.3 Å². The molecule has 1 aromatic heterocycles. The average molecular weight is 272 g/mol. The normalized spacial score (nSPS) is 24.3. The molecule has 0 saturated carbocycles. The highest BCUT2D eigenvalue weighted by Gasteiger charge is 2.27. The molecular weight excluding hydrogens is 248 g/mol. The van der Waals surface area contributed by atoms with Gasteiger partial charge in [0.1, 0.15) is 5.82 Å². The van der Waals surface area contributed by atoms with Crippen molar-refractivity contribution in [1.82, 2.24) is 14.9 Å². The Morgan fingerprint density at radius 3 is 3.00 bits per heavy atom. The minimum Gasteiger partial charge on any atom is -0.341 e. The maximum Gasteiger partial charge on any atom is 0.121 e. The maximum absolute atomic E-state index is 5.97. The molecule has 2 aromatic rings. The van der Waals surface area contributed by atoms with Gasteiger partial charge >= 0.3 is 0 Å². The first kappa shape index (κ1) is 13.6. The molecule has 4 heteroatoms. The van der Waals surface area contributed by atoms with Crippen molar-refractivity contribution in [2.75, 3.05) is 13.1 Å². The third kappa shape index (κ3) is 2.72. The molecule has 2 atom stereocenters. The van der Waals surface area contributed by atoms with Crippen LogP contribution in [0.1, 0.15) is 32.0 Å². The molecule has 1 aliphatic rings. The van der Waals surface area contributed by atoms with Gasteiger partial charge in [-0.3, -0.25) is 4.90 Å². The Morgan fingerprint density at radius 1 is 1.40 bits per heavy atom. The summed E-state index contributed by atoms with van der Waals surface area (Å²) in [7, 11) is 0. The lowest BCUT2D eigenvalue weighted by Crippen LogP contribution is -2.46. The Kier molecular flexibility index (Phi) is 4.03. The molecule has 2 heterocycles. The fourth-order valence-electron chi connectivity index (χ4n) is 3.28. The van der Waals surface area contributed by atoms with Gasteiger partial charge in [-0.2, -0.15) is 0 Å². The van der Waals surface area contributed by atoms with E-state index in [1.54, 1.807) is 0 Å². The number of aromatic amines is 1. The fraction of sp³-hybridized carbons (Fsp3) is 0.562. The van der Waals surface area contributed by atoms with E-state index in [4.69, 9.17) is 5.73 Å². The Morgan fingerprint density at radius 2 is 2.25 bits per heavy atom. The number of nitrogens with zero attached hydrogens (tertiary/aromatic N) is 2. The predicted octanol–water partition coefficient (Wildman–Crippen LogP) is 2.51. The number of para-hydroxylation sites is 2. The zero-order chi connectivity index (χ0) is 13.9. The van der Waals surface area contributed by atoms with Crippen LogP contribution >= 0.6 is 0 Å². The Bertz CT molecular complexity index is 529. The van der Waals surface area contributed by atoms with Crippen LogP contribution in [-0.2, 0) is 6.54 Å². The second kappa shape index (κ2) is 5.94. The first-order chi connectivity index (χ1) is 9.80. The van der Waals surface area contributed by atoms with E-state index in [-0.39, 0.29) is 0 Å². The number of fused-ring (bicyclic) bond motifs is 1. The van der Waals surface area contributed by atoms with Crippen molar-refractivity contribution in [3.63, 3.8) is 0 Å². The molecule has 0 amide bonds. The number of nitrogens with one attached hydrogen (secondary N) is 1. The molecular formula is C16H24N4. The van der Waals surface area contributed by atoms with Crippen molar-refractivity contribution >= 4 is 11.0 Å². The zero-order valence-electron chi connectivity index (χ0n) is 12.2. The summed E-state index contributed by atoms with van der Waals surface area (Å²) in [5, 5.41) is 0. The number of nitrogens with two attached hydrogens (primary N) is 1.